The zero-order valence-corrected chi connectivity index (χ0v) is 18.7. The topological polar surface area (TPSA) is 56.8 Å². The molecule has 0 aliphatic carbocycles. The number of nitrogens with one attached hydrogen (secondary N) is 1. The van der Waals surface area contributed by atoms with Gasteiger partial charge in [0, 0.05) is 12.0 Å². The molecule has 0 bridgehead atoms. The molecule has 3 aromatic carbocycles. The molecular weight excluding hydrogens is 426 g/mol. The van der Waals surface area contributed by atoms with E-state index in [4.69, 9.17) is 25.8 Å². The fourth-order valence-electron chi connectivity index (χ4n) is 3.72. The molecule has 4 rings (SSSR count). The van der Waals surface area contributed by atoms with Crippen LogP contribution in [0.1, 0.15) is 40.4 Å². The number of amides is 1. The summed E-state index contributed by atoms with van der Waals surface area (Å²) in [6.45, 7) is 1.25. The molecular formula is C26H26ClNO4. The third-order valence-corrected chi connectivity index (χ3v) is 5.75. The lowest BCUT2D eigenvalue weighted by molar-refractivity contribution is 0.0934. The molecule has 1 amide bonds. The van der Waals surface area contributed by atoms with Crippen LogP contribution in [-0.4, -0.2) is 26.2 Å². The fraction of sp³-hybridized carbons (Fsp3) is 0.269. The summed E-state index contributed by atoms with van der Waals surface area (Å²) in [5.74, 6) is 1.79. The summed E-state index contributed by atoms with van der Waals surface area (Å²) in [6, 6.07) is 20.9. The molecule has 1 unspecified atom stereocenters. The van der Waals surface area contributed by atoms with Crippen LogP contribution in [0.5, 0.6) is 17.2 Å². The van der Waals surface area contributed by atoms with Crippen molar-refractivity contribution in [1.82, 2.24) is 5.32 Å². The largest absolute Gasteiger partial charge is 0.495 e. The standard InChI is InChI=1S/C26H26ClNO4/c1-30-23-12-10-20(16-21(23)27)26(29)28-22(11-8-18-6-3-2-4-7-18)19-9-13-24-25(17-19)32-15-5-14-31-24/h2-4,6-7,9-10,12-13,16-17,22H,5,8,11,14-15H2,1H3,(H,28,29). The quantitative estimate of drug-likeness (QED) is 0.507. The minimum Gasteiger partial charge on any atom is -0.495 e. The summed E-state index contributed by atoms with van der Waals surface area (Å²) in [5, 5.41) is 3.57. The van der Waals surface area contributed by atoms with Crippen molar-refractivity contribution < 1.29 is 19.0 Å². The lowest BCUT2D eigenvalue weighted by Crippen LogP contribution is -2.29. The Hall–Kier alpha value is -3.18. The molecule has 3 aromatic rings. The van der Waals surface area contributed by atoms with Gasteiger partial charge in [-0.05, 0) is 54.3 Å². The summed E-state index contributed by atoms with van der Waals surface area (Å²) < 4.78 is 16.8. The summed E-state index contributed by atoms with van der Waals surface area (Å²) in [6.07, 6.45) is 2.40. The maximum absolute atomic E-state index is 13.1. The molecule has 0 saturated carbocycles. The van der Waals surface area contributed by atoms with Gasteiger partial charge >= 0.3 is 0 Å². The molecule has 1 aliphatic heterocycles. The summed E-state index contributed by atoms with van der Waals surface area (Å²) in [4.78, 5) is 13.1. The van der Waals surface area contributed by atoms with Crippen LogP contribution in [-0.2, 0) is 6.42 Å². The molecule has 1 aliphatic rings. The Morgan fingerprint density at radius 2 is 1.81 bits per heavy atom. The van der Waals surface area contributed by atoms with Crippen molar-refractivity contribution in [2.24, 2.45) is 0 Å². The zero-order chi connectivity index (χ0) is 22.3. The molecule has 0 aromatic heterocycles. The number of hydrogen-bond acceptors (Lipinski definition) is 4. The SMILES string of the molecule is COc1ccc(C(=O)NC(CCc2ccccc2)c2ccc3c(c2)OCCCO3)cc1Cl. The summed E-state index contributed by atoms with van der Waals surface area (Å²) >= 11 is 6.23. The van der Waals surface area contributed by atoms with Crippen LogP contribution < -0.4 is 19.5 Å². The van der Waals surface area contributed by atoms with E-state index in [1.54, 1.807) is 25.3 Å². The molecule has 0 saturated heterocycles. The predicted molar refractivity (Wildman–Crippen MR) is 125 cm³/mol. The number of methoxy groups -OCH3 is 1. The molecule has 1 heterocycles. The highest BCUT2D eigenvalue weighted by Crippen LogP contribution is 2.34. The Labute approximate surface area is 193 Å². The molecule has 1 atom stereocenters. The molecule has 1 N–H and O–H groups in total. The van der Waals surface area contributed by atoms with E-state index in [9.17, 15) is 4.79 Å². The van der Waals surface area contributed by atoms with Crippen molar-refractivity contribution in [3.63, 3.8) is 0 Å². The Bertz CT molecular complexity index is 1070. The van der Waals surface area contributed by atoms with E-state index < -0.39 is 0 Å². The fourth-order valence-corrected chi connectivity index (χ4v) is 3.98. The second-order valence-electron chi connectivity index (χ2n) is 7.66. The molecule has 0 radical (unpaired) electrons. The molecule has 0 spiro atoms. The number of rotatable bonds is 7. The van der Waals surface area contributed by atoms with E-state index in [0.717, 1.165) is 30.6 Å². The average molecular weight is 452 g/mol. The van der Waals surface area contributed by atoms with Gasteiger partial charge in [-0.25, -0.2) is 0 Å². The Morgan fingerprint density at radius 1 is 1.03 bits per heavy atom. The minimum absolute atomic E-state index is 0.195. The first-order valence-electron chi connectivity index (χ1n) is 10.7. The number of fused-ring (bicyclic) bond motifs is 1. The van der Waals surface area contributed by atoms with Crippen molar-refractivity contribution >= 4 is 17.5 Å². The van der Waals surface area contributed by atoms with Crippen LogP contribution in [0, 0.1) is 0 Å². The highest BCUT2D eigenvalue weighted by molar-refractivity contribution is 6.32. The number of benzene rings is 3. The van der Waals surface area contributed by atoms with E-state index in [1.165, 1.54) is 5.56 Å². The number of aryl methyl sites for hydroxylation is 1. The zero-order valence-electron chi connectivity index (χ0n) is 18.0. The maximum atomic E-state index is 13.1. The van der Waals surface area contributed by atoms with Gasteiger partial charge in [0.2, 0.25) is 0 Å². The number of carbonyl (C=O) groups excluding carboxylic acids is 1. The highest BCUT2D eigenvalue weighted by Gasteiger charge is 2.20. The van der Waals surface area contributed by atoms with Gasteiger partial charge in [0.25, 0.3) is 5.91 Å². The molecule has 0 fully saturated rings. The van der Waals surface area contributed by atoms with Gasteiger partial charge in [-0.15, -0.1) is 0 Å². The van der Waals surface area contributed by atoms with Crippen molar-refractivity contribution in [3.8, 4) is 17.2 Å². The minimum atomic E-state index is -0.208. The third-order valence-electron chi connectivity index (χ3n) is 5.46. The average Bonchev–Trinajstić information content (AvgIpc) is 3.07. The van der Waals surface area contributed by atoms with Gasteiger partial charge in [-0.2, -0.15) is 0 Å². The Balaban J connectivity index is 1.58. The van der Waals surface area contributed by atoms with E-state index >= 15 is 0 Å². The van der Waals surface area contributed by atoms with Crippen molar-refractivity contribution in [2.45, 2.75) is 25.3 Å². The highest BCUT2D eigenvalue weighted by atomic mass is 35.5. The van der Waals surface area contributed by atoms with E-state index in [1.807, 2.05) is 36.4 Å². The molecule has 166 valence electrons. The molecule has 32 heavy (non-hydrogen) atoms. The van der Waals surface area contributed by atoms with Gasteiger partial charge in [0.15, 0.2) is 11.5 Å². The van der Waals surface area contributed by atoms with Crippen LogP contribution in [0.2, 0.25) is 5.02 Å². The summed E-state index contributed by atoms with van der Waals surface area (Å²) in [5.41, 5.74) is 2.67. The second-order valence-corrected chi connectivity index (χ2v) is 8.06. The maximum Gasteiger partial charge on any atom is 0.251 e. The first-order chi connectivity index (χ1) is 15.6. The first kappa shape index (κ1) is 22.0. The normalized spacial score (nSPS) is 13.7. The van der Waals surface area contributed by atoms with Crippen molar-refractivity contribution in [2.75, 3.05) is 20.3 Å². The lowest BCUT2D eigenvalue weighted by atomic mass is 9.98. The van der Waals surface area contributed by atoms with Crippen LogP contribution >= 0.6 is 11.6 Å². The second kappa shape index (κ2) is 10.4. The Kier molecular flexibility index (Phi) is 7.17. The van der Waals surface area contributed by atoms with Crippen LogP contribution in [0.25, 0.3) is 0 Å². The number of halogens is 1. The molecule has 5 nitrogen and oxygen atoms in total. The van der Waals surface area contributed by atoms with Crippen LogP contribution in [0.4, 0.5) is 0 Å². The van der Waals surface area contributed by atoms with Crippen LogP contribution in [0.15, 0.2) is 66.7 Å². The van der Waals surface area contributed by atoms with Crippen LogP contribution in [0.3, 0.4) is 0 Å². The van der Waals surface area contributed by atoms with E-state index in [2.05, 4.69) is 17.4 Å². The Morgan fingerprint density at radius 3 is 2.56 bits per heavy atom. The van der Waals surface area contributed by atoms with Gasteiger partial charge in [-0.1, -0.05) is 48.0 Å². The number of hydrogen-bond donors (Lipinski definition) is 1. The molecule has 6 heteroatoms. The van der Waals surface area contributed by atoms with E-state index in [0.29, 0.717) is 35.3 Å². The number of ether oxygens (including phenoxy) is 3. The first-order valence-corrected chi connectivity index (χ1v) is 11.1. The predicted octanol–water partition coefficient (Wildman–Crippen LogP) is 5.61. The van der Waals surface area contributed by atoms with Gasteiger partial charge in [0.1, 0.15) is 5.75 Å². The van der Waals surface area contributed by atoms with E-state index in [-0.39, 0.29) is 11.9 Å². The van der Waals surface area contributed by atoms with Gasteiger partial charge in [0.05, 0.1) is 31.4 Å². The smallest absolute Gasteiger partial charge is 0.251 e. The van der Waals surface area contributed by atoms with Crippen molar-refractivity contribution in [3.05, 3.63) is 88.4 Å². The summed E-state index contributed by atoms with van der Waals surface area (Å²) in [7, 11) is 1.55. The van der Waals surface area contributed by atoms with Gasteiger partial charge < -0.3 is 19.5 Å². The van der Waals surface area contributed by atoms with Gasteiger partial charge in [-0.3, -0.25) is 4.79 Å². The third kappa shape index (κ3) is 5.35. The van der Waals surface area contributed by atoms with Crippen molar-refractivity contribution in [1.29, 1.82) is 0 Å². The lowest BCUT2D eigenvalue weighted by Gasteiger charge is -2.21. The monoisotopic (exact) mass is 451 g/mol. The number of carbonyl (C=O) groups is 1.